The Labute approximate surface area is 219 Å². The van der Waals surface area contributed by atoms with Crippen molar-refractivity contribution in [2.45, 2.75) is 33.7 Å². The Morgan fingerprint density at radius 2 is 1.84 bits per heavy atom. The molecule has 0 spiro atoms. The molecule has 9 heteroatoms. The van der Waals surface area contributed by atoms with Crippen LogP contribution >= 0.6 is 11.3 Å². The molecular weight excluding hydrogens is 492 g/mol. The predicted octanol–water partition coefficient (Wildman–Crippen LogP) is 3.60. The number of nitrogens with zero attached hydrogens (tertiary/aromatic N) is 2. The van der Waals surface area contributed by atoms with Crippen molar-refractivity contribution in [2.75, 3.05) is 26.9 Å². The summed E-state index contributed by atoms with van der Waals surface area (Å²) in [6.07, 6.45) is 1.81. The van der Waals surface area contributed by atoms with Gasteiger partial charge in [-0.25, -0.2) is 9.79 Å². The summed E-state index contributed by atoms with van der Waals surface area (Å²) >= 11 is 1.26. The average Bonchev–Trinajstić information content (AvgIpc) is 3.18. The minimum absolute atomic E-state index is 0.194. The number of fused-ring (bicyclic) bond motifs is 1. The highest BCUT2D eigenvalue weighted by atomic mass is 32.1. The fourth-order valence-electron chi connectivity index (χ4n) is 4.31. The SMILES string of the molecule is CCOC(=O)C1=C(C)N=c2s/c(=C/c3cccc(OCC)c3)c(=O)n2[C@@H]1c1cccc(OC)c1OCC. The Hall–Kier alpha value is -3.85. The van der Waals surface area contributed by atoms with Gasteiger partial charge in [0.1, 0.15) is 11.8 Å². The van der Waals surface area contributed by atoms with E-state index in [0.29, 0.717) is 45.3 Å². The lowest BCUT2D eigenvalue weighted by molar-refractivity contribution is -0.139. The monoisotopic (exact) mass is 522 g/mol. The van der Waals surface area contributed by atoms with Crippen LogP contribution in [0.2, 0.25) is 0 Å². The third kappa shape index (κ3) is 5.17. The molecule has 2 aromatic carbocycles. The van der Waals surface area contributed by atoms with Crippen molar-refractivity contribution < 1.29 is 23.7 Å². The van der Waals surface area contributed by atoms with Gasteiger partial charge < -0.3 is 18.9 Å². The Morgan fingerprint density at radius 3 is 2.54 bits per heavy atom. The number of thiazole rings is 1. The van der Waals surface area contributed by atoms with Crippen LogP contribution in [0.15, 0.2) is 63.5 Å². The predicted molar refractivity (Wildman–Crippen MR) is 142 cm³/mol. The summed E-state index contributed by atoms with van der Waals surface area (Å²) < 4.78 is 24.5. The van der Waals surface area contributed by atoms with Gasteiger partial charge in [-0.3, -0.25) is 9.36 Å². The maximum absolute atomic E-state index is 13.9. The molecule has 37 heavy (non-hydrogen) atoms. The summed E-state index contributed by atoms with van der Waals surface area (Å²) in [6.45, 7) is 8.40. The number of methoxy groups -OCH3 is 1. The minimum Gasteiger partial charge on any atom is -0.494 e. The molecule has 1 aromatic heterocycles. The molecule has 2 heterocycles. The smallest absolute Gasteiger partial charge is 0.338 e. The number of carbonyl (C=O) groups is 1. The van der Waals surface area contributed by atoms with Crippen LogP contribution in [0.4, 0.5) is 0 Å². The zero-order valence-electron chi connectivity index (χ0n) is 21.6. The summed E-state index contributed by atoms with van der Waals surface area (Å²) in [6, 6.07) is 12.2. The lowest BCUT2D eigenvalue weighted by atomic mass is 9.94. The first-order valence-corrected chi connectivity index (χ1v) is 13.0. The van der Waals surface area contributed by atoms with Gasteiger partial charge in [0.05, 0.1) is 42.7 Å². The number of para-hydroxylation sites is 1. The Balaban J connectivity index is 1.98. The Kier molecular flexibility index (Phi) is 8.13. The molecule has 3 aromatic rings. The van der Waals surface area contributed by atoms with Gasteiger partial charge in [0.2, 0.25) is 0 Å². The molecule has 0 unspecified atom stereocenters. The summed E-state index contributed by atoms with van der Waals surface area (Å²) in [7, 11) is 1.55. The molecule has 0 aliphatic carbocycles. The molecule has 0 fully saturated rings. The molecule has 0 bridgehead atoms. The van der Waals surface area contributed by atoms with E-state index < -0.39 is 12.0 Å². The molecular formula is C28H30N2O6S. The van der Waals surface area contributed by atoms with Crippen molar-refractivity contribution in [3.63, 3.8) is 0 Å². The van der Waals surface area contributed by atoms with Crippen LogP contribution in [0.1, 0.15) is 44.9 Å². The largest absolute Gasteiger partial charge is 0.494 e. The summed E-state index contributed by atoms with van der Waals surface area (Å²) in [5.74, 6) is 1.16. The highest BCUT2D eigenvalue weighted by Gasteiger charge is 2.35. The maximum Gasteiger partial charge on any atom is 0.338 e. The molecule has 0 radical (unpaired) electrons. The van der Waals surface area contributed by atoms with E-state index in [9.17, 15) is 9.59 Å². The van der Waals surface area contributed by atoms with Crippen LogP contribution in [-0.2, 0) is 9.53 Å². The van der Waals surface area contributed by atoms with Gasteiger partial charge in [0.25, 0.3) is 5.56 Å². The molecule has 0 N–H and O–H groups in total. The average molecular weight is 523 g/mol. The second-order valence-corrected chi connectivity index (χ2v) is 9.13. The summed E-state index contributed by atoms with van der Waals surface area (Å²) in [5, 5.41) is 0. The minimum atomic E-state index is -0.802. The Morgan fingerprint density at radius 1 is 1.08 bits per heavy atom. The van der Waals surface area contributed by atoms with Gasteiger partial charge in [0, 0.05) is 5.56 Å². The van der Waals surface area contributed by atoms with Crippen LogP contribution in [-0.4, -0.2) is 37.5 Å². The van der Waals surface area contributed by atoms with Crippen LogP contribution < -0.4 is 29.1 Å². The number of rotatable bonds is 9. The number of hydrogen-bond acceptors (Lipinski definition) is 8. The fraction of sp³-hybridized carbons (Fsp3) is 0.321. The van der Waals surface area contributed by atoms with Crippen molar-refractivity contribution in [1.82, 2.24) is 4.57 Å². The van der Waals surface area contributed by atoms with E-state index >= 15 is 0 Å². The zero-order valence-corrected chi connectivity index (χ0v) is 22.4. The van der Waals surface area contributed by atoms with Gasteiger partial charge in [0.15, 0.2) is 16.3 Å². The van der Waals surface area contributed by atoms with Gasteiger partial charge in [-0.05, 0) is 57.5 Å². The highest BCUT2D eigenvalue weighted by Crippen LogP contribution is 2.40. The molecule has 0 saturated carbocycles. The topological polar surface area (TPSA) is 88.4 Å². The molecule has 0 saturated heterocycles. The standard InChI is InChI=1S/C28H30N2O6S/c1-6-34-19-12-9-11-18(15-19)16-22-26(31)30-24(20-13-10-14-21(33-5)25(20)35-7-2)23(27(32)36-8-3)17(4)29-28(30)37-22/h9-16,24H,6-8H2,1-5H3/b22-16+/t24-/m1/s1. The number of ether oxygens (including phenoxy) is 4. The molecule has 1 atom stereocenters. The van der Waals surface area contributed by atoms with E-state index in [4.69, 9.17) is 18.9 Å². The zero-order chi connectivity index (χ0) is 26.5. The van der Waals surface area contributed by atoms with Gasteiger partial charge >= 0.3 is 5.97 Å². The number of carbonyl (C=O) groups excluding carboxylic acids is 1. The van der Waals surface area contributed by atoms with E-state index in [-0.39, 0.29) is 17.7 Å². The van der Waals surface area contributed by atoms with Crippen molar-refractivity contribution in [3.8, 4) is 17.2 Å². The normalized spacial score (nSPS) is 15.2. The van der Waals surface area contributed by atoms with E-state index in [2.05, 4.69) is 4.99 Å². The van der Waals surface area contributed by atoms with Gasteiger partial charge in [-0.15, -0.1) is 0 Å². The number of aromatic nitrogens is 1. The molecule has 1 aliphatic heterocycles. The van der Waals surface area contributed by atoms with Crippen LogP contribution in [0.25, 0.3) is 6.08 Å². The second-order valence-electron chi connectivity index (χ2n) is 8.12. The quantitative estimate of drug-likeness (QED) is 0.399. The number of allylic oxidation sites excluding steroid dienone is 1. The van der Waals surface area contributed by atoms with Crippen molar-refractivity contribution in [3.05, 3.63) is 84.5 Å². The third-order valence-electron chi connectivity index (χ3n) is 5.80. The lowest BCUT2D eigenvalue weighted by Gasteiger charge is -2.26. The first kappa shape index (κ1) is 26.2. The lowest BCUT2D eigenvalue weighted by Crippen LogP contribution is -2.40. The summed E-state index contributed by atoms with van der Waals surface area (Å²) in [4.78, 5) is 32.2. The number of hydrogen-bond donors (Lipinski definition) is 0. The van der Waals surface area contributed by atoms with E-state index in [1.807, 2.05) is 56.3 Å². The molecule has 194 valence electrons. The van der Waals surface area contributed by atoms with E-state index in [1.165, 1.54) is 11.3 Å². The second kappa shape index (κ2) is 11.5. The first-order chi connectivity index (χ1) is 17.9. The van der Waals surface area contributed by atoms with Gasteiger partial charge in [-0.1, -0.05) is 35.6 Å². The Bertz CT molecular complexity index is 1520. The number of esters is 1. The van der Waals surface area contributed by atoms with Crippen LogP contribution in [0.3, 0.4) is 0 Å². The maximum atomic E-state index is 13.9. The van der Waals surface area contributed by atoms with Crippen LogP contribution in [0.5, 0.6) is 17.2 Å². The third-order valence-corrected chi connectivity index (χ3v) is 6.78. The molecule has 8 nitrogen and oxygen atoms in total. The van der Waals surface area contributed by atoms with Gasteiger partial charge in [-0.2, -0.15) is 0 Å². The highest BCUT2D eigenvalue weighted by molar-refractivity contribution is 7.07. The fourth-order valence-corrected chi connectivity index (χ4v) is 5.35. The summed E-state index contributed by atoms with van der Waals surface area (Å²) in [5.41, 5.74) is 1.94. The van der Waals surface area contributed by atoms with Crippen molar-refractivity contribution in [2.24, 2.45) is 4.99 Å². The van der Waals surface area contributed by atoms with Crippen LogP contribution in [0, 0.1) is 0 Å². The van der Waals surface area contributed by atoms with E-state index in [1.54, 1.807) is 31.6 Å². The molecule has 4 rings (SSSR count). The van der Waals surface area contributed by atoms with E-state index in [0.717, 1.165) is 11.3 Å². The number of benzene rings is 2. The molecule has 0 amide bonds. The molecule has 1 aliphatic rings. The van der Waals surface area contributed by atoms with Crippen molar-refractivity contribution in [1.29, 1.82) is 0 Å². The van der Waals surface area contributed by atoms with Crippen molar-refractivity contribution >= 4 is 23.4 Å². The first-order valence-electron chi connectivity index (χ1n) is 12.2.